The van der Waals surface area contributed by atoms with E-state index in [1.54, 1.807) is 18.2 Å². The topological polar surface area (TPSA) is 73.1 Å². The Labute approximate surface area is 128 Å². The number of carboxylic acids is 1. The number of hydrogen-bond donors (Lipinski definition) is 2. The van der Waals surface area contributed by atoms with Crippen LogP contribution < -0.4 is 5.32 Å². The van der Waals surface area contributed by atoms with Crippen LogP contribution in [0.2, 0.25) is 0 Å². The Balaban J connectivity index is 2.13. The van der Waals surface area contributed by atoms with Crippen LogP contribution in [0.5, 0.6) is 0 Å². The van der Waals surface area contributed by atoms with Gasteiger partial charge in [0.05, 0.1) is 11.6 Å². The zero-order valence-electron chi connectivity index (χ0n) is 10.6. The fourth-order valence-electron chi connectivity index (χ4n) is 1.72. The minimum Gasteiger partial charge on any atom is -0.477 e. The third-order valence-electron chi connectivity index (χ3n) is 2.80. The number of aryl methyl sites for hydroxylation is 1. The van der Waals surface area contributed by atoms with Crippen molar-refractivity contribution in [1.29, 1.82) is 5.26 Å². The van der Waals surface area contributed by atoms with E-state index in [4.69, 9.17) is 10.4 Å². The molecule has 0 radical (unpaired) electrons. The lowest BCUT2D eigenvalue weighted by Crippen LogP contribution is -2.00. The number of benzene rings is 1. The van der Waals surface area contributed by atoms with Crippen LogP contribution >= 0.6 is 27.3 Å². The third-order valence-corrected chi connectivity index (χ3v) is 4.54. The van der Waals surface area contributed by atoms with Crippen molar-refractivity contribution in [2.75, 3.05) is 5.32 Å². The molecule has 0 fully saturated rings. The van der Waals surface area contributed by atoms with Crippen molar-refractivity contribution >= 4 is 38.9 Å². The Morgan fingerprint density at radius 1 is 1.50 bits per heavy atom. The van der Waals surface area contributed by atoms with E-state index in [1.807, 2.05) is 13.0 Å². The summed E-state index contributed by atoms with van der Waals surface area (Å²) in [6.45, 7) is 2.45. The van der Waals surface area contributed by atoms with Crippen LogP contribution in [0.4, 0.5) is 5.69 Å². The quantitative estimate of drug-likeness (QED) is 0.873. The van der Waals surface area contributed by atoms with E-state index < -0.39 is 5.97 Å². The first-order chi connectivity index (χ1) is 9.51. The van der Waals surface area contributed by atoms with E-state index in [2.05, 4.69) is 27.3 Å². The summed E-state index contributed by atoms with van der Waals surface area (Å²) < 4.78 is 0.808. The van der Waals surface area contributed by atoms with Gasteiger partial charge in [0.2, 0.25) is 0 Å². The first-order valence-electron chi connectivity index (χ1n) is 5.77. The van der Waals surface area contributed by atoms with E-state index in [1.165, 1.54) is 11.3 Å². The molecule has 1 aromatic carbocycles. The number of rotatable bonds is 4. The summed E-state index contributed by atoms with van der Waals surface area (Å²) in [5.41, 5.74) is 2.41. The van der Waals surface area contributed by atoms with Crippen molar-refractivity contribution in [3.8, 4) is 6.07 Å². The first kappa shape index (κ1) is 14.6. The average molecular weight is 351 g/mol. The van der Waals surface area contributed by atoms with Gasteiger partial charge in [-0.25, -0.2) is 4.79 Å². The number of nitriles is 1. The molecule has 0 unspecified atom stereocenters. The van der Waals surface area contributed by atoms with Crippen molar-refractivity contribution < 1.29 is 9.90 Å². The maximum Gasteiger partial charge on any atom is 0.345 e. The summed E-state index contributed by atoms with van der Waals surface area (Å²) in [4.78, 5) is 12.2. The molecule has 2 aromatic rings. The minimum atomic E-state index is -0.899. The molecular weight excluding hydrogens is 340 g/mol. The number of nitrogens with one attached hydrogen (secondary N) is 1. The van der Waals surface area contributed by atoms with Crippen LogP contribution in [0.15, 0.2) is 28.7 Å². The lowest BCUT2D eigenvalue weighted by Gasteiger charge is -2.08. The molecule has 6 heteroatoms. The summed E-state index contributed by atoms with van der Waals surface area (Å²) in [5, 5.41) is 21.0. The van der Waals surface area contributed by atoms with Gasteiger partial charge in [-0.1, -0.05) is 0 Å². The van der Waals surface area contributed by atoms with Crippen LogP contribution in [0.25, 0.3) is 0 Å². The van der Waals surface area contributed by atoms with E-state index >= 15 is 0 Å². The second kappa shape index (κ2) is 6.07. The summed E-state index contributed by atoms with van der Waals surface area (Å²) in [6, 6.07) is 9.06. The van der Waals surface area contributed by atoms with Crippen LogP contribution in [0.3, 0.4) is 0 Å². The lowest BCUT2D eigenvalue weighted by molar-refractivity contribution is 0.0702. The van der Waals surface area contributed by atoms with Crippen LogP contribution in [0, 0.1) is 18.3 Å². The molecule has 20 heavy (non-hydrogen) atoms. The SMILES string of the molecule is Cc1sc(C(=O)O)cc1CNc1ccc(C#N)cc1Br. The molecule has 0 aliphatic carbocycles. The summed E-state index contributed by atoms with van der Waals surface area (Å²) in [5.74, 6) is -0.899. The Kier molecular flexibility index (Phi) is 4.42. The largest absolute Gasteiger partial charge is 0.477 e. The molecule has 0 amide bonds. The Bertz CT molecular complexity index is 704. The smallest absolute Gasteiger partial charge is 0.345 e. The number of thiophene rings is 1. The summed E-state index contributed by atoms with van der Waals surface area (Å²) in [6.07, 6.45) is 0. The molecule has 0 spiro atoms. The highest BCUT2D eigenvalue weighted by molar-refractivity contribution is 9.10. The van der Waals surface area contributed by atoms with Gasteiger partial charge in [0, 0.05) is 21.6 Å². The molecule has 0 saturated carbocycles. The van der Waals surface area contributed by atoms with Crippen LogP contribution in [-0.2, 0) is 6.54 Å². The van der Waals surface area contributed by atoms with Gasteiger partial charge in [0.25, 0.3) is 0 Å². The maximum atomic E-state index is 10.9. The van der Waals surface area contributed by atoms with Crippen molar-refractivity contribution in [2.45, 2.75) is 13.5 Å². The molecule has 0 aliphatic rings. The molecule has 4 nitrogen and oxygen atoms in total. The van der Waals surface area contributed by atoms with E-state index in [0.29, 0.717) is 17.0 Å². The number of nitrogens with zero attached hydrogens (tertiary/aromatic N) is 1. The number of halogens is 1. The number of carboxylic acid groups (broad SMARTS) is 1. The standard InChI is InChI=1S/C14H11BrN2O2S/c1-8-10(5-13(20-8)14(18)19)7-17-12-3-2-9(6-16)4-11(12)15/h2-5,17H,7H2,1H3,(H,18,19). The molecule has 1 aromatic heterocycles. The van der Waals surface area contributed by atoms with Crippen LogP contribution in [-0.4, -0.2) is 11.1 Å². The Hall–Kier alpha value is -1.84. The summed E-state index contributed by atoms with van der Waals surface area (Å²) >= 11 is 4.68. The molecule has 0 atom stereocenters. The normalized spacial score (nSPS) is 10.1. The van der Waals surface area contributed by atoms with Gasteiger partial charge in [-0.3, -0.25) is 0 Å². The Morgan fingerprint density at radius 3 is 2.80 bits per heavy atom. The predicted molar refractivity (Wildman–Crippen MR) is 82.2 cm³/mol. The molecular formula is C14H11BrN2O2S. The van der Waals surface area contributed by atoms with Gasteiger partial charge in [-0.2, -0.15) is 5.26 Å². The lowest BCUT2D eigenvalue weighted by atomic mass is 10.2. The van der Waals surface area contributed by atoms with Crippen LogP contribution in [0.1, 0.15) is 25.7 Å². The summed E-state index contributed by atoms with van der Waals surface area (Å²) in [7, 11) is 0. The van der Waals surface area contributed by atoms with Gasteiger partial charge in [0.15, 0.2) is 0 Å². The molecule has 0 bridgehead atoms. The molecule has 0 aliphatic heterocycles. The van der Waals surface area contributed by atoms with Gasteiger partial charge < -0.3 is 10.4 Å². The van der Waals surface area contributed by atoms with E-state index in [-0.39, 0.29) is 0 Å². The van der Waals surface area contributed by atoms with Gasteiger partial charge >= 0.3 is 5.97 Å². The number of anilines is 1. The second-order valence-electron chi connectivity index (χ2n) is 4.16. The minimum absolute atomic E-state index is 0.346. The monoisotopic (exact) mass is 350 g/mol. The third kappa shape index (κ3) is 3.18. The fraction of sp³-hybridized carbons (Fsp3) is 0.143. The second-order valence-corrected chi connectivity index (χ2v) is 6.27. The highest BCUT2D eigenvalue weighted by Gasteiger charge is 2.11. The van der Waals surface area contributed by atoms with E-state index in [9.17, 15) is 4.79 Å². The molecule has 2 N–H and O–H groups in total. The van der Waals surface area contributed by atoms with Crippen molar-refractivity contribution in [2.24, 2.45) is 0 Å². The highest BCUT2D eigenvalue weighted by Crippen LogP contribution is 2.26. The highest BCUT2D eigenvalue weighted by atomic mass is 79.9. The zero-order chi connectivity index (χ0) is 14.7. The van der Waals surface area contributed by atoms with E-state index in [0.717, 1.165) is 20.6 Å². The van der Waals surface area contributed by atoms with Gasteiger partial charge in [-0.05, 0) is 52.7 Å². The van der Waals surface area contributed by atoms with Gasteiger partial charge in [0.1, 0.15) is 4.88 Å². The number of carbonyl (C=O) groups is 1. The molecule has 102 valence electrons. The Morgan fingerprint density at radius 2 is 2.25 bits per heavy atom. The van der Waals surface area contributed by atoms with Crippen molar-refractivity contribution in [3.05, 3.63) is 49.6 Å². The molecule has 2 rings (SSSR count). The predicted octanol–water partition coefficient (Wildman–Crippen LogP) is 4.00. The van der Waals surface area contributed by atoms with Crippen molar-refractivity contribution in [1.82, 2.24) is 0 Å². The maximum absolute atomic E-state index is 10.9. The average Bonchev–Trinajstić information content (AvgIpc) is 2.79. The number of hydrogen-bond acceptors (Lipinski definition) is 4. The van der Waals surface area contributed by atoms with Crippen molar-refractivity contribution in [3.63, 3.8) is 0 Å². The van der Waals surface area contributed by atoms with Gasteiger partial charge in [-0.15, -0.1) is 11.3 Å². The fourth-order valence-corrected chi connectivity index (χ4v) is 3.12. The number of aromatic carboxylic acids is 1. The zero-order valence-corrected chi connectivity index (χ0v) is 13.0. The molecule has 1 heterocycles. The molecule has 0 saturated heterocycles. The first-order valence-corrected chi connectivity index (χ1v) is 7.38.